The third kappa shape index (κ3) is 9.46. The van der Waals surface area contributed by atoms with Crippen LogP contribution in [0.3, 0.4) is 0 Å². The Hall–Kier alpha value is -2.30. The lowest BCUT2D eigenvalue weighted by Gasteiger charge is -2.26. The van der Waals surface area contributed by atoms with Crippen LogP contribution in [-0.2, 0) is 14.2 Å². The highest BCUT2D eigenvalue weighted by Gasteiger charge is 2.16. The van der Waals surface area contributed by atoms with E-state index in [1.54, 1.807) is 0 Å². The molecule has 1 aromatic rings. The molecule has 4 nitrogen and oxygen atoms in total. The van der Waals surface area contributed by atoms with Gasteiger partial charge in [0.15, 0.2) is 0 Å². The first-order valence-corrected chi connectivity index (χ1v) is 11.8. The first-order valence-electron chi connectivity index (χ1n) is 11.8. The monoisotopic (exact) mass is 439 g/mol. The van der Waals surface area contributed by atoms with Crippen molar-refractivity contribution in [1.82, 2.24) is 0 Å². The summed E-state index contributed by atoms with van der Waals surface area (Å²) in [5.74, 6) is 1.51. The van der Waals surface area contributed by atoms with E-state index in [9.17, 15) is 0 Å². The molecule has 0 amide bonds. The Morgan fingerprint density at radius 2 is 2.03 bits per heavy atom. The molecular formula is C28H41NO3. The molecule has 1 atom stereocenters. The fourth-order valence-electron chi connectivity index (χ4n) is 3.37. The van der Waals surface area contributed by atoms with Gasteiger partial charge >= 0.3 is 0 Å². The summed E-state index contributed by atoms with van der Waals surface area (Å²) in [4.78, 5) is 0. The van der Waals surface area contributed by atoms with Crippen LogP contribution in [0.25, 0.3) is 5.57 Å². The minimum Gasteiger partial charge on any atom is -0.496 e. The molecule has 176 valence electrons. The Balaban J connectivity index is 1.88. The second kappa shape index (κ2) is 14.0. The smallest absolute Gasteiger partial charge is 0.127 e. The molecule has 1 N–H and O–H groups in total. The predicted molar refractivity (Wildman–Crippen MR) is 136 cm³/mol. The van der Waals surface area contributed by atoms with Crippen LogP contribution in [0.4, 0.5) is 5.69 Å². The molecule has 0 saturated carbocycles. The largest absolute Gasteiger partial charge is 0.496 e. The van der Waals surface area contributed by atoms with E-state index in [2.05, 4.69) is 57.4 Å². The number of ether oxygens (including phenoxy) is 3. The predicted octanol–water partition coefficient (Wildman–Crippen LogP) is 7.04. The van der Waals surface area contributed by atoms with Crippen LogP contribution < -0.4 is 5.32 Å². The van der Waals surface area contributed by atoms with E-state index in [1.165, 1.54) is 12.0 Å². The summed E-state index contributed by atoms with van der Waals surface area (Å²) in [5, 5.41) is 3.54. The number of hydrogen-bond acceptors (Lipinski definition) is 4. The van der Waals surface area contributed by atoms with Crippen LogP contribution in [0.5, 0.6) is 0 Å². The molecule has 1 saturated heterocycles. The van der Waals surface area contributed by atoms with Crippen LogP contribution in [0.1, 0.15) is 57.6 Å². The zero-order valence-electron chi connectivity index (χ0n) is 20.4. The average molecular weight is 440 g/mol. The second-order valence-electron chi connectivity index (χ2n) is 8.83. The van der Waals surface area contributed by atoms with Crippen molar-refractivity contribution < 1.29 is 14.2 Å². The van der Waals surface area contributed by atoms with Gasteiger partial charge in [-0.25, -0.2) is 0 Å². The minimum absolute atomic E-state index is 0.0545. The van der Waals surface area contributed by atoms with E-state index < -0.39 is 0 Å². The standard InChI is InChI=1S/C28H41NO3/c1-21(2)15-17-30-18-19-31-24(5)11-9-10-23(4)25(6)26-20-22(3)13-14-27(26)29-28-12-7-8-16-32-28/h9-11,13-14,20-21,28-29H,4,6-8,12,15-19H2,1-3,5H3/b10-9-,24-11+. The van der Waals surface area contributed by atoms with Gasteiger partial charge < -0.3 is 19.5 Å². The lowest BCUT2D eigenvalue weighted by atomic mass is 9.96. The summed E-state index contributed by atoms with van der Waals surface area (Å²) >= 11 is 0. The van der Waals surface area contributed by atoms with E-state index in [0.717, 1.165) is 60.6 Å². The van der Waals surface area contributed by atoms with Gasteiger partial charge in [0.1, 0.15) is 12.8 Å². The molecule has 4 heteroatoms. The Labute approximate surface area is 195 Å². The van der Waals surface area contributed by atoms with E-state index in [-0.39, 0.29) is 6.23 Å². The molecule has 1 aromatic carbocycles. The highest BCUT2D eigenvalue weighted by molar-refractivity contribution is 5.86. The van der Waals surface area contributed by atoms with Gasteiger partial charge in [0.25, 0.3) is 0 Å². The molecule has 0 aliphatic carbocycles. The van der Waals surface area contributed by atoms with Gasteiger partial charge in [0.05, 0.1) is 12.4 Å². The van der Waals surface area contributed by atoms with Gasteiger partial charge in [-0.05, 0) is 74.8 Å². The van der Waals surface area contributed by atoms with Crippen LogP contribution in [0.15, 0.2) is 60.9 Å². The summed E-state index contributed by atoms with van der Waals surface area (Å²) in [6.07, 6.45) is 10.3. The molecule has 0 bridgehead atoms. The lowest BCUT2D eigenvalue weighted by Crippen LogP contribution is -2.27. The molecule has 0 spiro atoms. The van der Waals surface area contributed by atoms with Gasteiger partial charge in [-0.2, -0.15) is 0 Å². The number of hydrogen-bond donors (Lipinski definition) is 1. The third-order valence-corrected chi connectivity index (χ3v) is 5.41. The number of rotatable bonds is 13. The minimum atomic E-state index is 0.0545. The fraction of sp³-hybridized carbons (Fsp3) is 0.500. The van der Waals surface area contributed by atoms with Crippen LogP contribution >= 0.6 is 0 Å². The van der Waals surface area contributed by atoms with Crippen LogP contribution in [-0.4, -0.2) is 32.7 Å². The SMILES string of the molecule is C=C(/C=C\C=C(/C)OCCOCCC(C)C)C(=C)c1cc(C)ccc1NC1CCCCO1. The summed E-state index contributed by atoms with van der Waals surface area (Å²) in [7, 11) is 0. The average Bonchev–Trinajstić information content (AvgIpc) is 2.77. The molecule has 1 heterocycles. The number of aryl methyl sites for hydroxylation is 1. The van der Waals surface area contributed by atoms with Crippen molar-refractivity contribution in [2.24, 2.45) is 5.92 Å². The first-order chi connectivity index (χ1) is 15.4. The molecule has 1 aliphatic rings. The van der Waals surface area contributed by atoms with Crippen LogP contribution in [0, 0.1) is 12.8 Å². The van der Waals surface area contributed by atoms with Gasteiger partial charge in [-0.1, -0.05) is 50.8 Å². The zero-order chi connectivity index (χ0) is 23.3. The van der Waals surface area contributed by atoms with Crippen molar-refractivity contribution in [1.29, 1.82) is 0 Å². The summed E-state index contributed by atoms with van der Waals surface area (Å²) < 4.78 is 17.1. The number of anilines is 1. The van der Waals surface area contributed by atoms with Crippen LogP contribution in [0.2, 0.25) is 0 Å². The normalized spacial score (nSPS) is 17.0. The number of benzene rings is 1. The van der Waals surface area contributed by atoms with Gasteiger partial charge in [-0.3, -0.25) is 0 Å². The maximum absolute atomic E-state index is 5.85. The maximum Gasteiger partial charge on any atom is 0.127 e. The molecule has 1 unspecified atom stereocenters. The Bertz CT molecular complexity index is 801. The van der Waals surface area contributed by atoms with Crippen molar-refractivity contribution in [3.05, 3.63) is 72.0 Å². The topological polar surface area (TPSA) is 39.7 Å². The van der Waals surface area contributed by atoms with Gasteiger partial charge in [-0.15, -0.1) is 0 Å². The highest BCUT2D eigenvalue weighted by Crippen LogP contribution is 2.30. The van der Waals surface area contributed by atoms with E-state index in [0.29, 0.717) is 19.1 Å². The molecule has 32 heavy (non-hydrogen) atoms. The maximum atomic E-state index is 5.85. The Morgan fingerprint density at radius 3 is 2.75 bits per heavy atom. The first kappa shape index (κ1) is 26.0. The highest BCUT2D eigenvalue weighted by atomic mass is 16.5. The molecule has 2 rings (SSSR count). The number of nitrogens with one attached hydrogen (secondary N) is 1. The van der Waals surface area contributed by atoms with E-state index in [1.807, 2.05) is 25.2 Å². The molecule has 1 fully saturated rings. The molecule has 0 radical (unpaired) electrons. The van der Waals surface area contributed by atoms with Crippen molar-refractivity contribution in [2.45, 2.75) is 59.6 Å². The summed E-state index contributed by atoms with van der Waals surface area (Å²) in [6.45, 7) is 19.7. The Kier molecular flexibility index (Phi) is 11.3. The van der Waals surface area contributed by atoms with Crippen molar-refractivity contribution >= 4 is 11.3 Å². The molecule has 0 aromatic heterocycles. The third-order valence-electron chi connectivity index (χ3n) is 5.41. The molecular weight excluding hydrogens is 398 g/mol. The quantitative estimate of drug-likeness (QED) is 0.203. The summed E-state index contributed by atoms with van der Waals surface area (Å²) in [5.41, 5.74) is 5.05. The fourth-order valence-corrected chi connectivity index (χ4v) is 3.37. The van der Waals surface area contributed by atoms with E-state index in [4.69, 9.17) is 14.2 Å². The second-order valence-corrected chi connectivity index (χ2v) is 8.83. The Morgan fingerprint density at radius 1 is 1.22 bits per heavy atom. The lowest BCUT2D eigenvalue weighted by molar-refractivity contribution is 0.0343. The number of allylic oxidation sites excluding steroid dienone is 6. The molecule has 1 aliphatic heterocycles. The zero-order valence-corrected chi connectivity index (χ0v) is 20.4. The van der Waals surface area contributed by atoms with Gasteiger partial charge in [0.2, 0.25) is 0 Å². The van der Waals surface area contributed by atoms with Crippen molar-refractivity contribution in [3.63, 3.8) is 0 Å². The summed E-state index contributed by atoms with van der Waals surface area (Å²) in [6, 6.07) is 6.36. The van der Waals surface area contributed by atoms with Gasteiger partial charge in [0, 0.05) is 24.5 Å². The van der Waals surface area contributed by atoms with Crippen molar-refractivity contribution in [3.8, 4) is 0 Å². The van der Waals surface area contributed by atoms with Crippen molar-refractivity contribution in [2.75, 3.05) is 31.7 Å². The van der Waals surface area contributed by atoms with E-state index >= 15 is 0 Å².